The number of nitrogens with zero attached hydrogens (tertiary/aromatic N) is 6. The zero-order chi connectivity index (χ0) is 16.5. The first-order chi connectivity index (χ1) is 11.7. The van der Waals surface area contributed by atoms with Crippen LogP contribution in [-0.2, 0) is 7.05 Å². The van der Waals surface area contributed by atoms with Crippen LogP contribution in [0.25, 0.3) is 10.9 Å². The number of benzene rings is 1. The summed E-state index contributed by atoms with van der Waals surface area (Å²) in [6, 6.07) is 11.6. The summed E-state index contributed by atoms with van der Waals surface area (Å²) in [5.74, 6) is 0.975. The maximum atomic E-state index is 12.8. The number of aryl methyl sites for hydroxylation is 1. The van der Waals surface area contributed by atoms with E-state index in [9.17, 15) is 4.79 Å². The lowest BCUT2D eigenvalue weighted by atomic mass is 9.97. The predicted molar refractivity (Wildman–Crippen MR) is 88.4 cm³/mol. The molecule has 1 aliphatic rings. The van der Waals surface area contributed by atoms with Crippen molar-refractivity contribution in [1.29, 1.82) is 0 Å². The van der Waals surface area contributed by atoms with E-state index in [2.05, 4.69) is 20.5 Å². The van der Waals surface area contributed by atoms with Crippen LogP contribution in [0.1, 0.15) is 35.1 Å². The fraction of sp³-hybridized carbons (Fsp3) is 0.353. The Bertz CT molecular complexity index is 889. The molecule has 3 heterocycles. The van der Waals surface area contributed by atoms with Crippen molar-refractivity contribution >= 4 is 16.8 Å². The first-order valence-electron chi connectivity index (χ1n) is 8.10. The molecule has 1 fully saturated rings. The molecule has 2 aromatic heterocycles. The van der Waals surface area contributed by atoms with Crippen LogP contribution in [0.5, 0.6) is 0 Å². The molecule has 24 heavy (non-hydrogen) atoms. The van der Waals surface area contributed by atoms with E-state index in [1.165, 1.54) is 0 Å². The molecule has 0 bridgehead atoms. The molecule has 3 aromatic rings. The topological polar surface area (TPSA) is 76.8 Å². The molecule has 1 aliphatic heterocycles. The Morgan fingerprint density at radius 2 is 2.08 bits per heavy atom. The normalized spacial score (nSPS) is 18.0. The third kappa shape index (κ3) is 2.62. The van der Waals surface area contributed by atoms with Gasteiger partial charge in [-0.25, -0.2) is 9.67 Å². The highest BCUT2D eigenvalue weighted by molar-refractivity contribution is 5.95. The molecule has 1 unspecified atom stereocenters. The molecule has 0 spiro atoms. The average molecular weight is 322 g/mol. The van der Waals surface area contributed by atoms with Gasteiger partial charge in [0.1, 0.15) is 5.69 Å². The highest BCUT2D eigenvalue weighted by Gasteiger charge is 2.28. The molecular weight excluding hydrogens is 304 g/mol. The van der Waals surface area contributed by atoms with E-state index >= 15 is 0 Å². The average Bonchev–Trinajstić information content (AvgIpc) is 3.07. The number of carbonyl (C=O) groups excluding carboxylic acids is 1. The molecule has 1 amide bonds. The highest BCUT2D eigenvalue weighted by Crippen LogP contribution is 2.25. The number of likely N-dealkylation sites (tertiary alicyclic amines) is 1. The minimum absolute atomic E-state index is 0.0272. The van der Waals surface area contributed by atoms with Crippen LogP contribution in [0.4, 0.5) is 0 Å². The van der Waals surface area contributed by atoms with Gasteiger partial charge in [-0.3, -0.25) is 4.79 Å². The van der Waals surface area contributed by atoms with Crippen LogP contribution >= 0.6 is 0 Å². The van der Waals surface area contributed by atoms with Gasteiger partial charge in [0.25, 0.3) is 5.91 Å². The quantitative estimate of drug-likeness (QED) is 0.719. The number of hydrogen-bond acceptors (Lipinski definition) is 5. The Morgan fingerprint density at radius 1 is 1.21 bits per heavy atom. The lowest BCUT2D eigenvalue weighted by Gasteiger charge is -2.31. The lowest BCUT2D eigenvalue weighted by Crippen LogP contribution is -2.40. The number of hydrogen-bond donors (Lipinski definition) is 0. The maximum absolute atomic E-state index is 12.8. The van der Waals surface area contributed by atoms with Gasteiger partial charge in [0.2, 0.25) is 0 Å². The maximum Gasteiger partial charge on any atom is 0.272 e. The molecular formula is C17H18N6O. The van der Waals surface area contributed by atoms with Gasteiger partial charge in [-0.2, -0.15) is 0 Å². The molecule has 1 atom stereocenters. The molecule has 0 radical (unpaired) electrons. The largest absolute Gasteiger partial charge is 0.337 e. The second kappa shape index (κ2) is 5.99. The van der Waals surface area contributed by atoms with Gasteiger partial charge in [-0.15, -0.1) is 5.10 Å². The Kier molecular flexibility index (Phi) is 3.68. The zero-order valence-electron chi connectivity index (χ0n) is 13.5. The van der Waals surface area contributed by atoms with Gasteiger partial charge >= 0.3 is 0 Å². The van der Waals surface area contributed by atoms with Crippen molar-refractivity contribution in [2.24, 2.45) is 7.05 Å². The summed E-state index contributed by atoms with van der Waals surface area (Å²) >= 11 is 0. The SMILES string of the molecule is Cn1nnnc1C1CCCN(C(=O)c2ccc3ccccc3n2)C1. The summed E-state index contributed by atoms with van der Waals surface area (Å²) in [7, 11) is 1.83. The van der Waals surface area contributed by atoms with Crippen LogP contribution in [-0.4, -0.2) is 49.1 Å². The summed E-state index contributed by atoms with van der Waals surface area (Å²) < 4.78 is 1.69. The number of amides is 1. The monoisotopic (exact) mass is 322 g/mol. The number of tetrazole rings is 1. The van der Waals surface area contributed by atoms with Crippen molar-refractivity contribution in [2.75, 3.05) is 13.1 Å². The van der Waals surface area contributed by atoms with E-state index in [4.69, 9.17) is 0 Å². The number of rotatable bonds is 2. The Labute approximate surface area is 139 Å². The number of fused-ring (bicyclic) bond motifs is 1. The van der Waals surface area contributed by atoms with Gasteiger partial charge in [0.05, 0.1) is 5.52 Å². The number of aromatic nitrogens is 5. The van der Waals surface area contributed by atoms with Gasteiger partial charge < -0.3 is 4.90 Å². The van der Waals surface area contributed by atoms with E-state index in [1.807, 2.05) is 42.3 Å². The first kappa shape index (κ1) is 14.7. The molecule has 4 rings (SSSR count). The molecule has 0 saturated carbocycles. The van der Waals surface area contributed by atoms with Crippen molar-refractivity contribution in [1.82, 2.24) is 30.1 Å². The molecule has 122 valence electrons. The summed E-state index contributed by atoms with van der Waals surface area (Å²) in [5, 5.41) is 12.7. The third-order valence-electron chi connectivity index (χ3n) is 4.54. The predicted octanol–water partition coefficient (Wildman–Crippen LogP) is 1.78. The van der Waals surface area contributed by atoms with Crippen molar-refractivity contribution in [2.45, 2.75) is 18.8 Å². The van der Waals surface area contributed by atoms with Crippen molar-refractivity contribution in [3.05, 3.63) is 47.9 Å². The minimum Gasteiger partial charge on any atom is -0.337 e. The Hall–Kier alpha value is -2.83. The smallest absolute Gasteiger partial charge is 0.272 e. The van der Waals surface area contributed by atoms with Crippen molar-refractivity contribution in [3.63, 3.8) is 0 Å². The number of pyridine rings is 1. The molecule has 0 aliphatic carbocycles. The van der Waals surface area contributed by atoms with E-state index < -0.39 is 0 Å². The summed E-state index contributed by atoms with van der Waals surface area (Å²) in [6.07, 6.45) is 1.93. The van der Waals surface area contributed by atoms with Crippen LogP contribution in [0.2, 0.25) is 0 Å². The Balaban J connectivity index is 1.57. The molecule has 7 heteroatoms. The molecule has 1 saturated heterocycles. The van der Waals surface area contributed by atoms with Gasteiger partial charge in [-0.1, -0.05) is 24.3 Å². The highest BCUT2D eigenvalue weighted by atomic mass is 16.2. The number of piperidine rings is 1. The molecule has 7 nitrogen and oxygen atoms in total. The summed E-state index contributed by atoms with van der Waals surface area (Å²) in [6.45, 7) is 1.37. The van der Waals surface area contributed by atoms with Crippen LogP contribution in [0.15, 0.2) is 36.4 Å². The lowest BCUT2D eigenvalue weighted by molar-refractivity contribution is 0.0697. The second-order valence-corrected chi connectivity index (χ2v) is 6.14. The standard InChI is InChI=1S/C17H18N6O/c1-22-16(19-20-21-22)13-6-4-10-23(11-13)17(24)15-9-8-12-5-2-3-7-14(12)18-15/h2-3,5,7-9,13H,4,6,10-11H2,1H3. The van der Waals surface area contributed by atoms with E-state index in [0.717, 1.165) is 36.1 Å². The summed E-state index contributed by atoms with van der Waals surface area (Å²) in [5.41, 5.74) is 1.33. The van der Waals surface area contributed by atoms with Crippen LogP contribution in [0, 0.1) is 0 Å². The summed E-state index contributed by atoms with van der Waals surface area (Å²) in [4.78, 5) is 19.2. The van der Waals surface area contributed by atoms with Crippen LogP contribution < -0.4 is 0 Å². The first-order valence-corrected chi connectivity index (χ1v) is 8.10. The molecule has 0 N–H and O–H groups in total. The molecule has 1 aromatic carbocycles. The minimum atomic E-state index is -0.0272. The fourth-order valence-corrected chi connectivity index (χ4v) is 3.30. The number of carbonyl (C=O) groups is 1. The number of para-hydroxylation sites is 1. The fourth-order valence-electron chi connectivity index (χ4n) is 3.30. The Morgan fingerprint density at radius 3 is 2.92 bits per heavy atom. The second-order valence-electron chi connectivity index (χ2n) is 6.14. The van der Waals surface area contributed by atoms with Crippen molar-refractivity contribution < 1.29 is 4.79 Å². The van der Waals surface area contributed by atoms with Crippen LogP contribution in [0.3, 0.4) is 0 Å². The van der Waals surface area contributed by atoms with Gasteiger partial charge in [-0.05, 0) is 35.4 Å². The van der Waals surface area contributed by atoms with Crippen molar-refractivity contribution in [3.8, 4) is 0 Å². The van der Waals surface area contributed by atoms with E-state index in [-0.39, 0.29) is 11.8 Å². The van der Waals surface area contributed by atoms with E-state index in [0.29, 0.717) is 12.2 Å². The van der Waals surface area contributed by atoms with Gasteiger partial charge in [0.15, 0.2) is 5.82 Å². The zero-order valence-corrected chi connectivity index (χ0v) is 13.5. The third-order valence-corrected chi connectivity index (χ3v) is 4.54. The van der Waals surface area contributed by atoms with E-state index in [1.54, 1.807) is 10.7 Å². The van der Waals surface area contributed by atoms with Gasteiger partial charge in [0, 0.05) is 31.4 Å².